The van der Waals surface area contributed by atoms with Crippen LogP contribution in [0, 0.1) is 19.7 Å². The smallest absolute Gasteiger partial charge is 0.274 e. The number of nitrogens with zero attached hydrogens (tertiary/aromatic N) is 4. The molecule has 0 aliphatic carbocycles. The van der Waals surface area contributed by atoms with E-state index in [4.69, 9.17) is 4.74 Å². The number of fused-ring (bicyclic) bond motifs is 2. The van der Waals surface area contributed by atoms with Crippen molar-refractivity contribution in [3.63, 3.8) is 0 Å². The fourth-order valence-corrected chi connectivity index (χ4v) is 5.94. The molecular weight excluding hydrogens is 461 g/mol. The average molecular weight is 490 g/mol. The lowest BCUT2D eigenvalue weighted by molar-refractivity contribution is 0.0559. The Morgan fingerprint density at radius 1 is 1.09 bits per heavy atom. The Morgan fingerprint density at radius 3 is 2.48 bits per heavy atom. The first kappa shape index (κ1) is 23.9. The molecule has 0 saturated carbocycles. The topological polar surface area (TPSA) is 64.3 Å². The molecular formula is C24H29ClFN5OS. The van der Waals surface area contributed by atoms with E-state index < -0.39 is 0 Å². The summed E-state index contributed by atoms with van der Waals surface area (Å²) in [7, 11) is 0. The number of hydrogen-bond acceptors (Lipinski definition) is 6. The molecule has 33 heavy (non-hydrogen) atoms. The second kappa shape index (κ2) is 8.18. The van der Waals surface area contributed by atoms with E-state index in [0.717, 1.165) is 34.4 Å². The molecule has 0 amide bonds. The second-order valence-corrected chi connectivity index (χ2v) is 11.2. The van der Waals surface area contributed by atoms with Gasteiger partial charge in [-0.1, -0.05) is 11.3 Å². The Hall–Kier alpha value is -2.29. The molecule has 6 nitrogen and oxygen atoms in total. The maximum atomic E-state index is 15.0. The van der Waals surface area contributed by atoms with Gasteiger partial charge in [0.25, 0.3) is 5.19 Å². The van der Waals surface area contributed by atoms with Crippen molar-refractivity contribution in [3.8, 4) is 16.5 Å². The van der Waals surface area contributed by atoms with Crippen LogP contribution in [-0.4, -0.2) is 36.8 Å². The summed E-state index contributed by atoms with van der Waals surface area (Å²) in [4.78, 5) is 8.96. The molecule has 4 aromatic rings. The van der Waals surface area contributed by atoms with Crippen LogP contribution in [0.5, 0.6) is 5.19 Å². The zero-order valence-electron chi connectivity index (χ0n) is 19.7. The van der Waals surface area contributed by atoms with Gasteiger partial charge in [0, 0.05) is 29.5 Å². The molecule has 3 aromatic heterocycles. The quantitative estimate of drug-likeness (QED) is 0.389. The average Bonchev–Trinajstić information content (AvgIpc) is 3.21. The van der Waals surface area contributed by atoms with Crippen LogP contribution >= 0.6 is 23.7 Å². The van der Waals surface area contributed by atoms with Crippen LogP contribution in [-0.2, 0) is 0 Å². The predicted molar refractivity (Wildman–Crippen MR) is 133 cm³/mol. The molecule has 176 valence electrons. The summed E-state index contributed by atoms with van der Waals surface area (Å²) in [5.74, 6) is -0.365. The Morgan fingerprint density at radius 2 is 1.79 bits per heavy atom. The van der Waals surface area contributed by atoms with Gasteiger partial charge in [-0.25, -0.2) is 13.9 Å². The highest BCUT2D eigenvalue weighted by molar-refractivity contribution is 7.20. The molecule has 0 bridgehead atoms. The van der Waals surface area contributed by atoms with Crippen LogP contribution in [0.3, 0.4) is 0 Å². The van der Waals surface area contributed by atoms with Crippen molar-refractivity contribution in [2.24, 2.45) is 0 Å². The highest BCUT2D eigenvalue weighted by atomic mass is 35.5. The Labute approximate surface area is 203 Å². The van der Waals surface area contributed by atoms with Crippen molar-refractivity contribution in [1.29, 1.82) is 0 Å². The molecule has 0 atom stereocenters. The van der Waals surface area contributed by atoms with Crippen LogP contribution in [0.1, 0.15) is 51.8 Å². The zero-order chi connectivity index (χ0) is 22.8. The first-order chi connectivity index (χ1) is 15.0. The van der Waals surface area contributed by atoms with Gasteiger partial charge in [0.2, 0.25) is 0 Å². The Kier molecular flexibility index (Phi) is 5.91. The maximum absolute atomic E-state index is 15.0. The molecule has 9 heteroatoms. The number of imidazole rings is 1. The summed E-state index contributed by atoms with van der Waals surface area (Å²) < 4.78 is 23.8. The number of hydrogen-bond donors (Lipinski definition) is 1. The van der Waals surface area contributed by atoms with Crippen LogP contribution < -0.4 is 10.1 Å². The van der Waals surface area contributed by atoms with E-state index >= 15 is 4.39 Å². The standard InChI is InChI=1S/C24H28FN5OS.ClH/c1-13-7-18(28-30-12-14(2)26-21(13)30)15-8-17(25)20-19(9-15)32-22(27-20)31-16-10-23(3,4)29-24(5,6)11-16;/h7-9,12,16,29H,10-11H2,1-6H3;1H. The van der Waals surface area contributed by atoms with E-state index in [1.807, 2.05) is 32.2 Å². The number of ether oxygens (including phenoxy) is 1. The minimum absolute atomic E-state index is 0. The fourth-order valence-electron chi connectivity index (χ4n) is 5.01. The van der Waals surface area contributed by atoms with Gasteiger partial charge in [-0.05, 0) is 65.3 Å². The van der Waals surface area contributed by atoms with E-state index in [1.165, 1.54) is 17.4 Å². The molecule has 0 radical (unpaired) electrons. The number of aromatic nitrogens is 4. The van der Waals surface area contributed by atoms with E-state index in [-0.39, 0.29) is 35.4 Å². The van der Waals surface area contributed by atoms with Crippen molar-refractivity contribution in [1.82, 2.24) is 24.9 Å². The minimum Gasteiger partial charge on any atom is -0.467 e. The van der Waals surface area contributed by atoms with Gasteiger partial charge in [0.05, 0.1) is 22.3 Å². The molecule has 1 aliphatic heterocycles. The Bertz CT molecular complexity index is 1330. The van der Waals surface area contributed by atoms with E-state index in [2.05, 4.69) is 48.1 Å². The molecule has 1 saturated heterocycles. The number of thiazole rings is 1. The number of nitrogens with one attached hydrogen (secondary N) is 1. The number of halogens is 2. The molecule has 1 aromatic carbocycles. The van der Waals surface area contributed by atoms with Crippen molar-refractivity contribution < 1.29 is 9.13 Å². The summed E-state index contributed by atoms with van der Waals surface area (Å²) in [5, 5.41) is 8.81. The lowest BCUT2D eigenvalue weighted by Crippen LogP contribution is -2.60. The zero-order valence-corrected chi connectivity index (χ0v) is 21.3. The Balaban J connectivity index is 0.00000259. The summed E-state index contributed by atoms with van der Waals surface area (Å²) in [6.45, 7) is 12.7. The van der Waals surface area contributed by atoms with Crippen LogP contribution in [0.2, 0.25) is 0 Å². The molecule has 1 fully saturated rings. The molecule has 0 unspecified atom stereocenters. The van der Waals surface area contributed by atoms with E-state index in [1.54, 1.807) is 4.52 Å². The van der Waals surface area contributed by atoms with Gasteiger partial charge in [-0.3, -0.25) is 0 Å². The summed E-state index contributed by atoms with van der Waals surface area (Å²) in [5.41, 5.74) is 4.40. The molecule has 5 rings (SSSR count). The predicted octanol–water partition coefficient (Wildman–Crippen LogP) is 5.87. The summed E-state index contributed by atoms with van der Waals surface area (Å²) >= 11 is 1.39. The SMILES string of the molecule is Cc1cn2nc(-c3cc(F)c4nc(OC5CC(C)(C)NC(C)(C)C5)sc4c3)cc(C)c2n1.Cl. The third kappa shape index (κ3) is 4.69. The van der Waals surface area contributed by atoms with Gasteiger partial charge < -0.3 is 10.1 Å². The first-order valence-corrected chi connectivity index (χ1v) is 11.7. The van der Waals surface area contributed by atoms with Crippen LogP contribution in [0.25, 0.3) is 27.1 Å². The van der Waals surface area contributed by atoms with Gasteiger partial charge in [0.1, 0.15) is 11.6 Å². The third-order valence-corrected chi connectivity index (χ3v) is 6.77. The van der Waals surface area contributed by atoms with Crippen LogP contribution in [0.4, 0.5) is 4.39 Å². The number of aryl methyl sites for hydroxylation is 2. The normalized spacial score (nSPS) is 17.9. The van der Waals surface area contributed by atoms with Crippen molar-refractivity contribution >= 4 is 39.6 Å². The van der Waals surface area contributed by atoms with E-state index in [0.29, 0.717) is 22.0 Å². The van der Waals surface area contributed by atoms with E-state index in [9.17, 15) is 0 Å². The monoisotopic (exact) mass is 489 g/mol. The molecule has 4 heterocycles. The summed E-state index contributed by atoms with van der Waals surface area (Å²) in [6, 6.07) is 5.39. The minimum atomic E-state index is -0.365. The van der Waals surface area contributed by atoms with Crippen molar-refractivity contribution in [2.45, 2.75) is 71.6 Å². The largest absolute Gasteiger partial charge is 0.467 e. The lowest BCUT2D eigenvalue weighted by Gasteiger charge is -2.45. The van der Waals surface area contributed by atoms with Gasteiger partial charge in [0.15, 0.2) is 11.5 Å². The lowest BCUT2D eigenvalue weighted by atomic mass is 9.81. The molecule has 1 aliphatic rings. The van der Waals surface area contributed by atoms with Crippen molar-refractivity contribution in [3.05, 3.63) is 41.5 Å². The number of rotatable bonds is 3. The molecule has 1 N–H and O–H groups in total. The van der Waals surface area contributed by atoms with Gasteiger partial charge >= 0.3 is 0 Å². The second-order valence-electron chi connectivity index (χ2n) is 10.2. The number of piperidine rings is 1. The third-order valence-electron chi connectivity index (χ3n) is 5.87. The number of benzene rings is 1. The van der Waals surface area contributed by atoms with Gasteiger partial charge in [-0.2, -0.15) is 10.1 Å². The van der Waals surface area contributed by atoms with Gasteiger partial charge in [-0.15, -0.1) is 12.4 Å². The first-order valence-electron chi connectivity index (χ1n) is 10.9. The van der Waals surface area contributed by atoms with Crippen molar-refractivity contribution in [2.75, 3.05) is 0 Å². The fraction of sp³-hybridized carbons (Fsp3) is 0.458. The summed E-state index contributed by atoms with van der Waals surface area (Å²) in [6.07, 6.45) is 3.64. The highest BCUT2D eigenvalue weighted by Gasteiger charge is 2.39. The highest BCUT2D eigenvalue weighted by Crippen LogP contribution is 2.37. The maximum Gasteiger partial charge on any atom is 0.274 e. The molecule has 0 spiro atoms. The van der Waals surface area contributed by atoms with Crippen LogP contribution in [0.15, 0.2) is 24.4 Å².